The first-order chi connectivity index (χ1) is 7.65. The van der Waals surface area contributed by atoms with Gasteiger partial charge in [-0.2, -0.15) is 0 Å². The lowest BCUT2D eigenvalue weighted by Gasteiger charge is -2.32. The summed E-state index contributed by atoms with van der Waals surface area (Å²) in [4.78, 5) is 15.7. The molecule has 0 atom stereocenters. The molecule has 16 heavy (non-hydrogen) atoms. The molecule has 1 fully saturated rings. The van der Waals surface area contributed by atoms with Gasteiger partial charge in [0.15, 0.2) is 0 Å². The molecular formula is C12H14ClNO2. The molecule has 1 aliphatic carbocycles. The molecule has 4 heteroatoms. The Morgan fingerprint density at radius 1 is 1.31 bits per heavy atom. The Balaban J connectivity index is 2.42. The highest BCUT2D eigenvalue weighted by molar-refractivity contribution is 6.29. The molecule has 3 nitrogen and oxygen atoms in total. The van der Waals surface area contributed by atoms with Crippen LogP contribution in [0.4, 0.5) is 0 Å². The molecule has 1 aromatic heterocycles. The van der Waals surface area contributed by atoms with Crippen LogP contribution in [-0.2, 0) is 10.2 Å². The number of nitrogens with zero attached hydrogens (tertiary/aromatic N) is 1. The van der Waals surface area contributed by atoms with Gasteiger partial charge >= 0.3 is 5.97 Å². The van der Waals surface area contributed by atoms with Gasteiger partial charge in [0.1, 0.15) is 10.6 Å². The maximum atomic E-state index is 11.5. The topological polar surface area (TPSA) is 50.2 Å². The summed E-state index contributed by atoms with van der Waals surface area (Å²) in [6, 6.07) is 5.21. The Bertz CT molecular complexity index is 400. The average Bonchev–Trinajstić information content (AvgIpc) is 2.30. The third-order valence-corrected chi connectivity index (χ3v) is 3.53. The zero-order valence-corrected chi connectivity index (χ0v) is 9.70. The van der Waals surface area contributed by atoms with E-state index in [9.17, 15) is 9.90 Å². The van der Waals surface area contributed by atoms with E-state index in [1.807, 2.05) is 0 Å². The van der Waals surface area contributed by atoms with Crippen molar-refractivity contribution in [3.05, 3.63) is 29.0 Å². The molecule has 1 heterocycles. The zero-order chi connectivity index (χ0) is 11.6. The summed E-state index contributed by atoms with van der Waals surface area (Å²) in [6.07, 6.45) is 4.32. The number of carboxylic acids is 1. The summed E-state index contributed by atoms with van der Waals surface area (Å²) in [5.74, 6) is -0.776. The largest absolute Gasteiger partial charge is 0.481 e. The molecule has 0 spiro atoms. The van der Waals surface area contributed by atoms with E-state index in [0.717, 1.165) is 19.3 Å². The Morgan fingerprint density at radius 2 is 2.00 bits per heavy atom. The Kier molecular flexibility index (Phi) is 3.15. The van der Waals surface area contributed by atoms with Crippen molar-refractivity contribution in [2.24, 2.45) is 0 Å². The highest BCUT2D eigenvalue weighted by Gasteiger charge is 2.42. The molecular weight excluding hydrogens is 226 g/mol. The van der Waals surface area contributed by atoms with Gasteiger partial charge in [-0.1, -0.05) is 36.9 Å². The second-order valence-corrected chi connectivity index (χ2v) is 4.68. The highest BCUT2D eigenvalue weighted by atomic mass is 35.5. The van der Waals surface area contributed by atoms with Crippen LogP contribution in [0, 0.1) is 0 Å². The van der Waals surface area contributed by atoms with Gasteiger partial charge in [0, 0.05) is 0 Å². The van der Waals surface area contributed by atoms with Crippen molar-refractivity contribution in [3.63, 3.8) is 0 Å². The fraction of sp³-hybridized carbons (Fsp3) is 0.500. The van der Waals surface area contributed by atoms with Crippen LogP contribution in [0.5, 0.6) is 0 Å². The van der Waals surface area contributed by atoms with Crippen LogP contribution in [0.3, 0.4) is 0 Å². The molecule has 86 valence electrons. The molecule has 0 saturated heterocycles. The number of pyridine rings is 1. The molecule has 1 saturated carbocycles. The van der Waals surface area contributed by atoms with E-state index in [0.29, 0.717) is 23.7 Å². The van der Waals surface area contributed by atoms with Crippen molar-refractivity contribution < 1.29 is 9.90 Å². The molecule has 1 N–H and O–H groups in total. The Labute approximate surface area is 99.5 Å². The van der Waals surface area contributed by atoms with Crippen molar-refractivity contribution in [2.45, 2.75) is 37.5 Å². The molecule has 0 unspecified atom stereocenters. The summed E-state index contributed by atoms with van der Waals surface area (Å²) in [7, 11) is 0. The van der Waals surface area contributed by atoms with Gasteiger partial charge in [-0.25, -0.2) is 4.98 Å². The van der Waals surface area contributed by atoms with Crippen molar-refractivity contribution in [3.8, 4) is 0 Å². The normalized spacial score (nSPS) is 19.3. The van der Waals surface area contributed by atoms with Crippen LogP contribution in [-0.4, -0.2) is 16.1 Å². The number of halogens is 1. The first kappa shape index (κ1) is 11.4. The number of aromatic nitrogens is 1. The first-order valence-electron chi connectivity index (χ1n) is 5.52. The van der Waals surface area contributed by atoms with Crippen molar-refractivity contribution in [2.75, 3.05) is 0 Å². The van der Waals surface area contributed by atoms with E-state index in [2.05, 4.69) is 4.98 Å². The van der Waals surface area contributed by atoms with Gasteiger partial charge in [0.2, 0.25) is 0 Å². The van der Waals surface area contributed by atoms with E-state index in [1.165, 1.54) is 0 Å². The molecule has 2 rings (SSSR count). The van der Waals surface area contributed by atoms with Crippen molar-refractivity contribution in [1.29, 1.82) is 0 Å². The third kappa shape index (κ3) is 1.92. The Hall–Kier alpha value is -1.09. The van der Waals surface area contributed by atoms with Crippen molar-refractivity contribution >= 4 is 17.6 Å². The van der Waals surface area contributed by atoms with Gasteiger partial charge in [-0.3, -0.25) is 4.79 Å². The fourth-order valence-corrected chi connectivity index (χ4v) is 2.57. The molecule has 1 aliphatic rings. The number of carbonyl (C=O) groups is 1. The second kappa shape index (κ2) is 4.42. The summed E-state index contributed by atoms with van der Waals surface area (Å²) >= 11 is 5.83. The summed E-state index contributed by atoms with van der Waals surface area (Å²) in [5.41, 5.74) is -0.212. The minimum atomic E-state index is -0.816. The molecule has 1 aromatic rings. The first-order valence-corrected chi connectivity index (χ1v) is 5.89. The van der Waals surface area contributed by atoms with E-state index in [4.69, 9.17) is 11.6 Å². The van der Waals surface area contributed by atoms with E-state index in [1.54, 1.807) is 18.2 Å². The number of carboxylic acid groups (broad SMARTS) is 1. The van der Waals surface area contributed by atoms with Crippen LogP contribution in [0.15, 0.2) is 18.2 Å². The van der Waals surface area contributed by atoms with E-state index < -0.39 is 11.4 Å². The Morgan fingerprint density at radius 3 is 2.56 bits per heavy atom. The quantitative estimate of drug-likeness (QED) is 0.807. The predicted molar refractivity (Wildman–Crippen MR) is 61.6 cm³/mol. The lowest BCUT2D eigenvalue weighted by Crippen LogP contribution is -2.38. The number of hydrogen-bond donors (Lipinski definition) is 1. The number of rotatable bonds is 2. The molecule has 0 radical (unpaired) electrons. The average molecular weight is 240 g/mol. The van der Waals surface area contributed by atoms with Gasteiger partial charge in [-0.15, -0.1) is 0 Å². The third-order valence-electron chi connectivity index (χ3n) is 3.32. The van der Waals surface area contributed by atoms with Gasteiger partial charge < -0.3 is 5.11 Å². The van der Waals surface area contributed by atoms with Gasteiger partial charge in [0.25, 0.3) is 0 Å². The zero-order valence-electron chi connectivity index (χ0n) is 8.95. The van der Waals surface area contributed by atoms with Gasteiger partial charge in [0.05, 0.1) is 5.69 Å². The van der Waals surface area contributed by atoms with E-state index >= 15 is 0 Å². The molecule has 0 bridgehead atoms. The van der Waals surface area contributed by atoms with Crippen molar-refractivity contribution in [1.82, 2.24) is 4.98 Å². The smallest absolute Gasteiger partial charge is 0.315 e. The highest BCUT2D eigenvalue weighted by Crippen LogP contribution is 2.39. The SMILES string of the molecule is O=C(O)C1(c2cccc(Cl)n2)CCCCC1. The maximum Gasteiger partial charge on any atom is 0.315 e. The lowest BCUT2D eigenvalue weighted by molar-refractivity contribution is -0.145. The molecule has 0 aromatic carbocycles. The number of hydrogen-bond acceptors (Lipinski definition) is 2. The monoisotopic (exact) mass is 239 g/mol. The minimum Gasteiger partial charge on any atom is -0.481 e. The van der Waals surface area contributed by atoms with Crippen LogP contribution in [0.2, 0.25) is 5.15 Å². The van der Waals surface area contributed by atoms with Crippen LogP contribution in [0.1, 0.15) is 37.8 Å². The van der Waals surface area contributed by atoms with E-state index in [-0.39, 0.29) is 0 Å². The lowest BCUT2D eigenvalue weighted by atomic mass is 9.71. The molecule has 0 aliphatic heterocycles. The fourth-order valence-electron chi connectivity index (χ4n) is 2.41. The van der Waals surface area contributed by atoms with Crippen LogP contribution in [0.25, 0.3) is 0 Å². The summed E-state index contributed by atoms with van der Waals surface area (Å²) < 4.78 is 0. The van der Waals surface area contributed by atoms with Crippen LogP contribution < -0.4 is 0 Å². The standard InChI is InChI=1S/C12H14ClNO2/c13-10-6-4-5-9(14-10)12(11(15)16)7-2-1-3-8-12/h4-6H,1-3,7-8H2,(H,15,16). The molecule has 0 amide bonds. The summed E-state index contributed by atoms with van der Waals surface area (Å²) in [5, 5.41) is 9.81. The summed E-state index contributed by atoms with van der Waals surface area (Å²) in [6.45, 7) is 0. The minimum absolute atomic E-state index is 0.365. The number of aliphatic carboxylic acids is 1. The van der Waals surface area contributed by atoms with Crippen LogP contribution >= 0.6 is 11.6 Å². The predicted octanol–water partition coefficient (Wildman–Crippen LogP) is 3.02. The second-order valence-electron chi connectivity index (χ2n) is 4.29. The van der Waals surface area contributed by atoms with Gasteiger partial charge in [-0.05, 0) is 25.0 Å². The maximum absolute atomic E-state index is 11.5.